The van der Waals surface area contributed by atoms with E-state index in [4.69, 9.17) is 0 Å². The predicted octanol–water partition coefficient (Wildman–Crippen LogP) is 0.0526. The van der Waals surface area contributed by atoms with Crippen LogP contribution in [0.2, 0.25) is 0 Å². The van der Waals surface area contributed by atoms with Gasteiger partial charge in [-0.25, -0.2) is 0 Å². The Hall–Kier alpha value is -0.120. The van der Waals surface area contributed by atoms with Crippen molar-refractivity contribution in [3.05, 3.63) is 0 Å². The normalized spacial score (nSPS) is 21.5. The molecule has 1 heterocycles. The number of hydrogen-bond acceptors (Lipinski definition) is 3. The minimum atomic E-state index is -0.0365. The molecule has 0 aliphatic carbocycles. The van der Waals surface area contributed by atoms with E-state index in [1.54, 1.807) is 0 Å². The molecule has 0 spiro atoms. The highest BCUT2D eigenvalue weighted by Gasteiger charge is 2.15. The first-order valence-corrected chi connectivity index (χ1v) is 4.88. The maximum Gasteiger partial charge on any atom is 0.0564 e. The first kappa shape index (κ1) is 9.96. The molecule has 0 radical (unpaired) electrons. The van der Waals surface area contributed by atoms with Gasteiger partial charge < -0.3 is 15.3 Å². The van der Waals surface area contributed by atoms with E-state index in [-0.39, 0.29) is 6.10 Å². The molecule has 0 aromatic carbocycles. The Morgan fingerprint density at radius 3 is 2.67 bits per heavy atom. The van der Waals surface area contributed by atoms with Gasteiger partial charge in [0.05, 0.1) is 6.10 Å². The molecule has 0 aromatic heterocycles. The minimum Gasteiger partial charge on any atom is -0.393 e. The summed E-state index contributed by atoms with van der Waals surface area (Å²) in [6.07, 6.45) is 3.09. The molecule has 1 aliphatic rings. The van der Waals surface area contributed by atoms with E-state index < -0.39 is 0 Å². The lowest BCUT2D eigenvalue weighted by atomic mass is 10.1. The Balaban J connectivity index is 2.01. The van der Waals surface area contributed by atoms with Gasteiger partial charge in [-0.3, -0.25) is 0 Å². The SMILES string of the molecule is CNCCCN1CCC(O)CC1. The van der Waals surface area contributed by atoms with E-state index in [0.29, 0.717) is 0 Å². The van der Waals surface area contributed by atoms with E-state index in [2.05, 4.69) is 10.2 Å². The van der Waals surface area contributed by atoms with E-state index in [0.717, 1.165) is 32.5 Å². The van der Waals surface area contributed by atoms with Gasteiger partial charge in [-0.1, -0.05) is 0 Å². The average molecular weight is 172 g/mol. The molecular weight excluding hydrogens is 152 g/mol. The molecule has 0 unspecified atom stereocenters. The second kappa shape index (κ2) is 5.51. The monoisotopic (exact) mass is 172 g/mol. The highest BCUT2D eigenvalue weighted by Crippen LogP contribution is 2.09. The van der Waals surface area contributed by atoms with E-state index in [1.165, 1.54) is 13.0 Å². The second-order valence-electron chi connectivity index (χ2n) is 3.53. The number of rotatable bonds is 4. The number of likely N-dealkylation sites (tertiary alicyclic amines) is 1. The van der Waals surface area contributed by atoms with E-state index in [1.807, 2.05) is 7.05 Å². The summed E-state index contributed by atoms with van der Waals surface area (Å²) in [6.45, 7) is 4.42. The van der Waals surface area contributed by atoms with Crippen LogP contribution in [0.5, 0.6) is 0 Å². The number of aliphatic hydroxyl groups is 1. The van der Waals surface area contributed by atoms with Crippen LogP contribution < -0.4 is 5.32 Å². The third kappa shape index (κ3) is 3.52. The van der Waals surface area contributed by atoms with Crippen LogP contribution in [-0.2, 0) is 0 Å². The lowest BCUT2D eigenvalue weighted by Crippen LogP contribution is -2.37. The summed E-state index contributed by atoms with van der Waals surface area (Å²) in [5, 5.41) is 12.4. The van der Waals surface area contributed by atoms with Crippen molar-refractivity contribution in [1.29, 1.82) is 0 Å². The van der Waals surface area contributed by atoms with Crippen molar-refractivity contribution in [2.24, 2.45) is 0 Å². The molecule has 0 atom stereocenters. The Kier molecular flexibility index (Phi) is 4.58. The van der Waals surface area contributed by atoms with Crippen LogP contribution in [0.3, 0.4) is 0 Å². The van der Waals surface area contributed by atoms with Crippen LogP contribution in [0.25, 0.3) is 0 Å². The molecule has 2 N–H and O–H groups in total. The molecule has 0 bridgehead atoms. The molecular formula is C9H20N2O. The molecule has 1 fully saturated rings. The Labute approximate surface area is 74.8 Å². The molecule has 0 aromatic rings. The molecule has 72 valence electrons. The van der Waals surface area contributed by atoms with Crippen molar-refractivity contribution < 1.29 is 5.11 Å². The molecule has 1 rings (SSSR count). The van der Waals surface area contributed by atoms with Gasteiger partial charge >= 0.3 is 0 Å². The van der Waals surface area contributed by atoms with E-state index >= 15 is 0 Å². The molecule has 0 saturated carbocycles. The van der Waals surface area contributed by atoms with Gasteiger partial charge in [0.25, 0.3) is 0 Å². The number of nitrogens with one attached hydrogen (secondary N) is 1. The average Bonchev–Trinajstić information content (AvgIpc) is 2.09. The zero-order valence-electron chi connectivity index (χ0n) is 7.92. The van der Waals surface area contributed by atoms with Crippen LogP contribution in [0, 0.1) is 0 Å². The summed E-state index contributed by atoms with van der Waals surface area (Å²) in [6, 6.07) is 0. The number of nitrogens with zero attached hydrogens (tertiary/aromatic N) is 1. The van der Waals surface area contributed by atoms with Gasteiger partial charge in [0.1, 0.15) is 0 Å². The van der Waals surface area contributed by atoms with Crippen molar-refractivity contribution >= 4 is 0 Å². The number of hydrogen-bond donors (Lipinski definition) is 2. The van der Waals surface area contributed by atoms with Crippen molar-refractivity contribution in [3.8, 4) is 0 Å². The molecule has 3 nitrogen and oxygen atoms in total. The number of aliphatic hydroxyl groups excluding tert-OH is 1. The van der Waals surface area contributed by atoms with Crippen LogP contribution in [0.4, 0.5) is 0 Å². The van der Waals surface area contributed by atoms with Crippen molar-refractivity contribution in [3.63, 3.8) is 0 Å². The van der Waals surface area contributed by atoms with Gasteiger partial charge in [-0.05, 0) is 39.4 Å². The summed E-state index contributed by atoms with van der Waals surface area (Å²) in [5.74, 6) is 0. The predicted molar refractivity (Wildman–Crippen MR) is 50.2 cm³/mol. The lowest BCUT2D eigenvalue weighted by molar-refractivity contribution is 0.0822. The zero-order valence-corrected chi connectivity index (χ0v) is 7.92. The molecule has 1 saturated heterocycles. The largest absolute Gasteiger partial charge is 0.393 e. The third-order valence-electron chi connectivity index (χ3n) is 2.46. The minimum absolute atomic E-state index is 0.0365. The van der Waals surface area contributed by atoms with Crippen molar-refractivity contribution in [1.82, 2.24) is 10.2 Å². The smallest absolute Gasteiger partial charge is 0.0564 e. The summed E-state index contributed by atoms with van der Waals surface area (Å²) >= 11 is 0. The highest BCUT2D eigenvalue weighted by molar-refractivity contribution is 4.70. The Morgan fingerprint density at radius 2 is 2.08 bits per heavy atom. The van der Waals surface area contributed by atoms with Crippen LogP contribution in [-0.4, -0.2) is 49.3 Å². The summed E-state index contributed by atoms with van der Waals surface area (Å²) in [5.41, 5.74) is 0. The lowest BCUT2D eigenvalue weighted by Gasteiger charge is -2.29. The standard InChI is InChI=1S/C9H20N2O/c1-10-5-2-6-11-7-3-9(12)4-8-11/h9-10,12H,2-8H2,1H3. The van der Waals surface area contributed by atoms with Gasteiger partial charge in [-0.2, -0.15) is 0 Å². The van der Waals surface area contributed by atoms with Crippen molar-refractivity contribution in [2.75, 3.05) is 33.2 Å². The van der Waals surface area contributed by atoms with Gasteiger partial charge in [0, 0.05) is 13.1 Å². The van der Waals surface area contributed by atoms with Gasteiger partial charge in [-0.15, -0.1) is 0 Å². The molecule has 1 aliphatic heterocycles. The van der Waals surface area contributed by atoms with Gasteiger partial charge in [0.2, 0.25) is 0 Å². The molecule has 3 heteroatoms. The highest BCUT2D eigenvalue weighted by atomic mass is 16.3. The third-order valence-corrected chi connectivity index (χ3v) is 2.46. The van der Waals surface area contributed by atoms with Crippen LogP contribution in [0.1, 0.15) is 19.3 Å². The Bertz CT molecular complexity index is 111. The van der Waals surface area contributed by atoms with Gasteiger partial charge in [0.15, 0.2) is 0 Å². The quantitative estimate of drug-likeness (QED) is 0.588. The summed E-state index contributed by atoms with van der Waals surface area (Å²) < 4.78 is 0. The Morgan fingerprint density at radius 1 is 1.42 bits per heavy atom. The zero-order chi connectivity index (χ0) is 8.81. The first-order valence-electron chi connectivity index (χ1n) is 4.88. The fourth-order valence-corrected chi connectivity index (χ4v) is 1.62. The van der Waals surface area contributed by atoms with Crippen LogP contribution in [0.15, 0.2) is 0 Å². The first-order chi connectivity index (χ1) is 5.83. The number of piperidine rings is 1. The maximum absolute atomic E-state index is 9.26. The van der Waals surface area contributed by atoms with E-state index in [9.17, 15) is 5.11 Å². The fraction of sp³-hybridized carbons (Fsp3) is 1.00. The second-order valence-corrected chi connectivity index (χ2v) is 3.53. The molecule has 12 heavy (non-hydrogen) atoms. The topological polar surface area (TPSA) is 35.5 Å². The molecule has 0 amide bonds. The van der Waals surface area contributed by atoms with Crippen LogP contribution >= 0.6 is 0 Å². The summed E-state index contributed by atoms with van der Waals surface area (Å²) in [7, 11) is 1.99. The summed E-state index contributed by atoms with van der Waals surface area (Å²) in [4.78, 5) is 2.43. The maximum atomic E-state index is 9.26. The van der Waals surface area contributed by atoms with Crippen molar-refractivity contribution in [2.45, 2.75) is 25.4 Å². The fourth-order valence-electron chi connectivity index (χ4n) is 1.62.